The number of carbonyl (C=O) groups is 2. The van der Waals surface area contributed by atoms with Crippen molar-refractivity contribution in [3.63, 3.8) is 0 Å². The Morgan fingerprint density at radius 1 is 1.25 bits per heavy atom. The van der Waals surface area contributed by atoms with Gasteiger partial charge in [-0.2, -0.15) is 4.98 Å². The number of likely N-dealkylation sites (tertiary alicyclic amines) is 1. The first-order chi connectivity index (χ1) is 15.0. The van der Waals surface area contributed by atoms with Gasteiger partial charge in [-0.3, -0.25) is 14.2 Å². The molecule has 0 radical (unpaired) electrons. The Kier molecular flexibility index (Phi) is 6.95. The first-order valence-electron chi connectivity index (χ1n) is 10.7. The minimum atomic E-state index is -0.550. The van der Waals surface area contributed by atoms with Crippen molar-refractivity contribution in [3.8, 4) is 11.5 Å². The summed E-state index contributed by atoms with van der Waals surface area (Å²) >= 11 is 0. The second-order valence-corrected chi connectivity index (χ2v) is 8.87. The lowest BCUT2D eigenvalue weighted by Crippen LogP contribution is -2.47. The number of aryl methyl sites for hydroxylation is 2. The number of aromatic nitrogens is 4. The first-order valence-corrected chi connectivity index (χ1v) is 10.7. The summed E-state index contributed by atoms with van der Waals surface area (Å²) in [6.07, 6.45) is 2.43. The number of rotatable bonds is 5. The van der Waals surface area contributed by atoms with E-state index in [1.807, 2.05) is 20.8 Å². The van der Waals surface area contributed by atoms with Gasteiger partial charge in [0, 0.05) is 38.3 Å². The van der Waals surface area contributed by atoms with Crippen LogP contribution in [0.2, 0.25) is 0 Å². The van der Waals surface area contributed by atoms with E-state index in [0.29, 0.717) is 37.6 Å². The number of alkyl carbamates (subject to hydrolysis) is 1. The molecule has 32 heavy (non-hydrogen) atoms. The normalized spacial score (nSPS) is 15.0. The molecule has 1 aliphatic heterocycles. The first kappa shape index (κ1) is 23.4. The van der Waals surface area contributed by atoms with Crippen LogP contribution in [0.1, 0.15) is 51.7 Å². The maximum absolute atomic E-state index is 12.9. The quantitative estimate of drug-likeness (QED) is 0.735. The zero-order valence-electron chi connectivity index (χ0n) is 19.2. The number of carbonyl (C=O) groups excluding carboxylic acids is 2. The van der Waals surface area contributed by atoms with Crippen LogP contribution >= 0.6 is 0 Å². The Hall–Kier alpha value is -3.24. The van der Waals surface area contributed by atoms with Crippen molar-refractivity contribution in [2.24, 2.45) is 0 Å². The zero-order chi connectivity index (χ0) is 23.5. The van der Waals surface area contributed by atoms with Crippen molar-refractivity contribution >= 4 is 12.0 Å². The summed E-state index contributed by atoms with van der Waals surface area (Å²) in [6.45, 7) is 10.1. The van der Waals surface area contributed by atoms with Crippen molar-refractivity contribution in [1.82, 2.24) is 29.9 Å². The van der Waals surface area contributed by atoms with E-state index in [9.17, 15) is 14.4 Å². The predicted molar refractivity (Wildman–Crippen MR) is 115 cm³/mol. The Bertz CT molecular complexity index is 1030. The van der Waals surface area contributed by atoms with Gasteiger partial charge in [0.15, 0.2) is 5.82 Å². The third kappa shape index (κ3) is 5.92. The molecule has 1 aliphatic rings. The van der Waals surface area contributed by atoms with Gasteiger partial charge in [-0.15, -0.1) is 0 Å². The summed E-state index contributed by atoms with van der Waals surface area (Å²) in [4.78, 5) is 47.6. The lowest BCUT2D eigenvalue weighted by molar-refractivity contribution is -0.132. The number of amides is 2. The molecule has 3 heterocycles. The van der Waals surface area contributed by atoms with E-state index in [-0.39, 0.29) is 41.9 Å². The highest BCUT2D eigenvalue weighted by Gasteiger charge is 2.26. The molecular weight excluding hydrogens is 416 g/mol. The molecule has 0 aliphatic carbocycles. The number of piperidine rings is 1. The number of hydrogen-bond donors (Lipinski definition) is 1. The lowest BCUT2D eigenvalue weighted by Gasteiger charge is -2.33. The van der Waals surface area contributed by atoms with Gasteiger partial charge >= 0.3 is 6.09 Å². The molecule has 11 nitrogen and oxygen atoms in total. The number of ether oxygens (including phenoxy) is 1. The average Bonchev–Trinajstić information content (AvgIpc) is 3.12. The molecule has 3 rings (SSSR count). The summed E-state index contributed by atoms with van der Waals surface area (Å²) in [5, 5.41) is 6.56. The summed E-state index contributed by atoms with van der Waals surface area (Å²) < 4.78 is 11.8. The fraction of sp³-hybridized carbons (Fsp3) is 0.619. The van der Waals surface area contributed by atoms with Crippen LogP contribution in [-0.2, 0) is 16.1 Å². The van der Waals surface area contributed by atoms with Crippen LogP contribution in [0.15, 0.2) is 15.5 Å². The third-order valence-electron chi connectivity index (χ3n) is 5.12. The molecule has 1 fully saturated rings. The predicted octanol–water partition coefficient (Wildman–Crippen LogP) is 1.82. The van der Waals surface area contributed by atoms with Gasteiger partial charge in [0.05, 0.1) is 0 Å². The smallest absolute Gasteiger partial charge is 0.407 e. The molecule has 0 saturated carbocycles. The number of nitrogens with zero attached hydrogens (tertiary/aromatic N) is 5. The fourth-order valence-corrected chi connectivity index (χ4v) is 3.50. The molecule has 11 heteroatoms. The summed E-state index contributed by atoms with van der Waals surface area (Å²) in [6, 6.07) is -0.0301. The molecule has 2 aromatic heterocycles. The molecule has 2 aromatic rings. The van der Waals surface area contributed by atoms with Gasteiger partial charge in [0.2, 0.25) is 5.91 Å². The number of hydrogen-bond acceptors (Lipinski definition) is 8. The van der Waals surface area contributed by atoms with Crippen LogP contribution < -0.4 is 10.9 Å². The summed E-state index contributed by atoms with van der Waals surface area (Å²) in [7, 11) is 0. The summed E-state index contributed by atoms with van der Waals surface area (Å²) in [5.74, 6) is 0.986. The second-order valence-electron chi connectivity index (χ2n) is 8.87. The van der Waals surface area contributed by atoms with E-state index >= 15 is 0 Å². The van der Waals surface area contributed by atoms with E-state index in [0.717, 1.165) is 0 Å². The molecule has 2 amide bonds. The summed E-state index contributed by atoms with van der Waals surface area (Å²) in [5.41, 5.74) is -0.669. The van der Waals surface area contributed by atoms with Gasteiger partial charge in [-0.05, 0) is 47.5 Å². The second kappa shape index (κ2) is 9.49. The van der Waals surface area contributed by atoms with Crippen LogP contribution in [0.4, 0.5) is 4.79 Å². The molecule has 0 spiro atoms. The standard InChI is InChI=1S/C21H30N6O5/c1-13-23-18(32-25-13)16-12-22-14(2)27(19(16)29)11-8-17(28)26-9-6-15(7-10-26)24-20(30)31-21(3,4)5/h12,15H,6-11H2,1-5H3,(H,24,30). The molecule has 0 atom stereocenters. The van der Waals surface area contributed by atoms with Crippen LogP contribution in [0.3, 0.4) is 0 Å². The van der Waals surface area contributed by atoms with Crippen molar-refractivity contribution in [1.29, 1.82) is 0 Å². The molecule has 0 bridgehead atoms. The Balaban J connectivity index is 1.55. The largest absolute Gasteiger partial charge is 0.444 e. The minimum Gasteiger partial charge on any atom is -0.444 e. The average molecular weight is 447 g/mol. The Labute approximate surface area is 186 Å². The molecule has 174 valence electrons. The number of nitrogens with one attached hydrogen (secondary N) is 1. The van der Waals surface area contributed by atoms with Gasteiger partial charge < -0.3 is 19.5 Å². The molecule has 1 N–H and O–H groups in total. The minimum absolute atomic E-state index is 0.0301. The van der Waals surface area contributed by atoms with E-state index in [1.165, 1.54) is 10.8 Å². The molecule has 0 aromatic carbocycles. The van der Waals surface area contributed by atoms with Crippen molar-refractivity contribution in [2.75, 3.05) is 13.1 Å². The molecular formula is C21H30N6O5. The Morgan fingerprint density at radius 2 is 1.94 bits per heavy atom. The van der Waals surface area contributed by atoms with Gasteiger partial charge in [-0.1, -0.05) is 5.16 Å². The highest BCUT2D eigenvalue weighted by molar-refractivity contribution is 5.76. The van der Waals surface area contributed by atoms with Gasteiger partial charge in [-0.25, -0.2) is 9.78 Å². The highest BCUT2D eigenvalue weighted by atomic mass is 16.6. The van der Waals surface area contributed by atoms with Crippen molar-refractivity contribution in [3.05, 3.63) is 28.2 Å². The van der Waals surface area contributed by atoms with Crippen LogP contribution in [0, 0.1) is 13.8 Å². The van der Waals surface area contributed by atoms with Crippen molar-refractivity contribution < 1.29 is 18.8 Å². The van der Waals surface area contributed by atoms with E-state index < -0.39 is 11.7 Å². The monoisotopic (exact) mass is 446 g/mol. The van der Waals surface area contributed by atoms with Crippen LogP contribution in [-0.4, -0.2) is 61.3 Å². The zero-order valence-corrected chi connectivity index (χ0v) is 19.2. The van der Waals surface area contributed by atoms with E-state index in [2.05, 4.69) is 20.4 Å². The lowest BCUT2D eigenvalue weighted by atomic mass is 10.0. The topological polar surface area (TPSA) is 132 Å². The maximum atomic E-state index is 12.9. The van der Waals surface area contributed by atoms with E-state index in [4.69, 9.17) is 9.26 Å². The van der Waals surface area contributed by atoms with Gasteiger partial charge in [0.25, 0.3) is 11.4 Å². The van der Waals surface area contributed by atoms with Gasteiger partial charge in [0.1, 0.15) is 17.0 Å². The third-order valence-corrected chi connectivity index (χ3v) is 5.12. The Morgan fingerprint density at radius 3 is 2.53 bits per heavy atom. The van der Waals surface area contributed by atoms with Crippen LogP contribution in [0.5, 0.6) is 0 Å². The molecule has 1 saturated heterocycles. The van der Waals surface area contributed by atoms with Crippen LogP contribution in [0.25, 0.3) is 11.5 Å². The van der Waals surface area contributed by atoms with E-state index in [1.54, 1.807) is 18.7 Å². The van der Waals surface area contributed by atoms with Crippen molar-refractivity contribution in [2.45, 2.75) is 72.1 Å². The molecule has 0 unspecified atom stereocenters. The maximum Gasteiger partial charge on any atom is 0.407 e. The SMILES string of the molecule is Cc1noc(-c2cnc(C)n(CCC(=O)N3CCC(NC(=O)OC(C)(C)C)CC3)c2=O)n1. The highest BCUT2D eigenvalue weighted by Crippen LogP contribution is 2.15. The fourth-order valence-electron chi connectivity index (χ4n) is 3.50.